The second-order valence-electron chi connectivity index (χ2n) is 2.36. The maximum atomic E-state index is 11.1. The second kappa shape index (κ2) is 18.6. The van der Waals surface area contributed by atoms with Crippen LogP contribution in [0.5, 0.6) is 0 Å². The Morgan fingerprint density at radius 3 is 2.24 bits per heavy atom. The molecular formula is C11H24KN4O-. The van der Waals surface area contributed by atoms with Crippen LogP contribution in [0.2, 0.25) is 0 Å². The Bertz CT molecular complexity index is 220. The van der Waals surface area contributed by atoms with E-state index in [-0.39, 0.29) is 58.8 Å². The maximum absolute atomic E-state index is 11.1. The van der Waals surface area contributed by atoms with Crippen LogP contribution in [-0.4, -0.2) is 37.9 Å². The number of hydrogen-bond donors (Lipinski definition) is 1. The van der Waals surface area contributed by atoms with E-state index in [4.69, 9.17) is 5.73 Å². The number of nitrogens with zero attached hydrogens (tertiary/aromatic N) is 3. The van der Waals surface area contributed by atoms with E-state index in [2.05, 4.69) is 17.1 Å². The Morgan fingerprint density at radius 1 is 1.53 bits per heavy atom. The summed E-state index contributed by atoms with van der Waals surface area (Å²) in [6.45, 7) is 9.89. The summed E-state index contributed by atoms with van der Waals surface area (Å²) in [5, 5.41) is 8.17. The van der Waals surface area contributed by atoms with Gasteiger partial charge in [0, 0.05) is 6.54 Å². The molecule has 0 fully saturated rings. The molecule has 0 heterocycles. The van der Waals surface area contributed by atoms with Gasteiger partial charge in [-0.2, -0.15) is 0 Å². The van der Waals surface area contributed by atoms with Crippen LogP contribution in [0, 0.1) is 7.43 Å². The van der Waals surface area contributed by atoms with Crippen LogP contribution in [0.4, 0.5) is 4.79 Å². The summed E-state index contributed by atoms with van der Waals surface area (Å²) in [6.07, 6.45) is 1.85. The predicted octanol–water partition coefficient (Wildman–Crippen LogP) is -0.587. The van der Waals surface area contributed by atoms with Crippen molar-refractivity contribution in [3.05, 3.63) is 24.4 Å². The number of urea groups is 1. The van der Waals surface area contributed by atoms with Crippen molar-refractivity contribution < 1.29 is 56.2 Å². The molecule has 0 saturated carbocycles. The Hall–Kier alpha value is 0.276. The topological polar surface area (TPSA) is 72.8 Å². The molecule has 0 atom stereocenters. The maximum Gasteiger partial charge on any atom is 1.00 e. The Labute approximate surface area is 148 Å². The van der Waals surface area contributed by atoms with Crippen molar-refractivity contribution in [3.63, 3.8) is 0 Å². The fourth-order valence-corrected chi connectivity index (χ4v) is 0.760. The average molecular weight is 267 g/mol. The van der Waals surface area contributed by atoms with Gasteiger partial charge in [-0.15, -0.1) is 0 Å². The van der Waals surface area contributed by atoms with Crippen LogP contribution in [-0.2, 0) is 0 Å². The molecular weight excluding hydrogens is 243 g/mol. The fraction of sp³-hybridized carbons (Fsp3) is 0.545. The summed E-state index contributed by atoms with van der Waals surface area (Å²) in [5.41, 5.74) is 6.35. The molecule has 0 aliphatic heterocycles. The van der Waals surface area contributed by atoms with Gasteiger partial charge < -0.3 is 23.5 Å². The summed E-state index contributed by atoms with van der Waals surface area (Å²) in [7, 11) is 1.41. The molecule has 17 heavy (non-hydrogen) atoms. The molecule has 0 spiro atoms. The number of carbonyl (C=O) groups is 1. The number of amides is 2. The molecule has 0 rings (SSSR count). The Kier molecular flexibility index (Phi) is 28.5. The summed E-state index contributed by atoms with van der Waals surface area (Å²) in [5.74, 6) is 0. The molecule has 0 radical (unpaired) electrons. The zero-order valence-electron chi connectivity index (χ0n) is 12.0. The third kappa shape index (κ3) is 12.5. The van der Waals surface area contributed by atoms with Crippen LogP contribution >= 0.6 is 0 Å². The number of carbonyl (C=O) groups excluding carboxylic acids is 1. The van der Waals surface area contributed by atoms with E-state index in [0.717, 1.165) is 5.57 Å². The summed E-state index contributed by atoms with van der Waals surface area (Å²) < 4.78 is 0. The molecule has 0 aliphatic carbocycles. The normalized spacial score (nSPS) is 8.65. The first-order valence-corrected chi connectivity index (χ1v) is 4.91. The van der Waals surface area contributed by atoms with E-state index in [1.54, 1.807) is 0 Å². The molecule has 0 aromatic rings. The van der Waals surface area contributed by atoms with Gasteiger partial charge in [0.25, 0.3) is 0 Å². The van der Waals surface area contributed by atoms with Crippen molar-refractivity contribution in [2.75, 3.05) is 20.1 Å². The van der Waals surface area contributed by atoms with Gasteiger partial charge in [-0.05, 0) is 20.2 Å². The van der Waals surface area contributed by atoms with Crippen molar-refractivity contribution in [1.29, 1.82) is 0 Å². The van der Waals surface area contributed by atoms with Gasteiger partial charge in [0.2, 0.25) is 0 Å². The largest absolute Gasteiger partial charge is 1.00 e. The van der Waals surface area contributed by atoms with Crippen molar-refractivity contribution in [3.8, 4) is 0 Å². The van der Waals surface area contributed by atoms with E-state index in [0.29, 0.717) is 13.1 Å². The minimum atomic E-state index is -0.414. The first kappa shape index (κ1) is 26.0. The summed E-state index contributed by atoms with van der Waals surface area (Å²) in [6, 6.07) is -0.414. The molecule has 2 amide bonds. The molecule has 0 aromatic carbocycles. The van der Waals surface area contributed by atoms with Gasteiger partial charge in [-0.3, -0.25) is 9.90 Å². The molecule has 2 N–H and O–H groups in total. The van der Waals surface area contributed by atoms with Crippen molar-refractivity contribution >= 4 is 12.7 Å². The van der Waals surface area contributed by atoms with Gasteiger partial charge in [-0.1, -0.05) is 32.5 Å². The van der Waals surface area contributed by atoms with Gasteiger partial charge in [0.1, 0.15) is 0 Å². The van der Waals surface area contributed by atoms with Gasteiger partial charge >= 0.3 is 51.4 Å². The Balaban J connectivity index is -0.000000199. The zero-order valence-corrected chi connectivity index (χ0v) is 15.1. The number of hydrogen-bond acceptors (Lipinski definition) is 3. The van der Waals surface area contributed by atoms with E-state index in [1.807, 2.05) is 26.8 Å². The van der Waals surface area contributed by atoms with Crippen LogP contribution in [0.15, 0.2) is 16.8 Å². The molecule has 0 aromatic heterocycles. The van der Waals surface area contributed by atoms with E-state index in [9.17, 15) is 4.79 Å². The Morgan fingerprint density at radius 2 is 2.00 bits per heavy atom. The van der Waals surface area contributed by atoms with Crippen molar-refractivity contribution in [2.24, 2.45) is 10.8 Å². The summed E-state index contributed by atoms with van der Waals surface area (Å²) >= 11 is 0. The minimum absolute atomic E-state index is 0. The first-order chi connectivity index (χ1) is 7.19. The number of allylic oxidation sites excluding steroid dienone is 1. The molecule has 6 heteroatoms. The average Bonchev–Trinajstić information content (AvgIpc) is 2.32. The quantitative estimate of drug-likeness (QED) is 0.243. The molecule has 0 saturated heterocycles. The number of rotatable bonds is 4. The SMILES string of the molecule is C=NN(C/C(=C/C)CN)C(=O)[N-]C.CC.[CH3-].[K+]. The third-order valence-corrected chi connectivity index (χ3v) is 1.61. The van der Waals surface area contributed by atoms with Gasteiger partial charge in [-0.25, -0.2) is 0 Å². The van der Waals surface area contributed by atoms with E-state index >= 15 is 0 Å². The van der Waals surface area contributed by atoms with Crippen LogP contribution in [0.25, 0.3) is 5.32 Å². The molecule has 0 unspecified atom stereocenters. The van der Waals surface area contributed by atoms with Crippen LogP contribution in [0.1, 0.15) is 20.8 Å². The molecule has 96 valence electrons. The van der Waals surface area contributed by atoms with Crippen molar-refractivity contribution in [1.82, 2.24) is 5.01 Å². The minimum Gasteiger partial charge on any atom is -0.433 e. The second-order valence-corrected chi connectivity index (χ2v) is 2.36. The summed E-state index contributed by atoms with van der Waals surface area (Å²) in [4.78, 5) is 11.1. The predicted molar refractivity (Wildman–Crippen MR) is 71.5 cm³/mol. The number of hydrazone groups is 1. The zero-order chi connectivity index (χ0) is 12.3. The molecule has 5 nitrogen and oxygen atoms in total. The van der Waals surface area contributed by atoms with Gasteiger partial charge in [0.05, 0.1) is 0 Å². The number of nitrogens with two attached hydrogens (primary N) is 1. The first-order valence-electron chi connectivity index (χ1n) is 4.91. The third-order valence-electron chi connectivity index (χ3n) is 1.61. The van der Waals surface area contributed by atoms with Gasteiger partial charge in [0.15, 0.2) is 6.03 Å². The van der Waals surface area contributed by atoms with E-state index < -0.39 is 6.03 Å². The fourth-order valence-electron chi connectivity index (χ4n) is 0.760. The smallest absolute Gasteiger partial charge is 0.433 e. The van der Waals surface area contributed by atoms with E-state index in [1.165, 1.54) is 12.1 Å². The monoisotopic (exact) mass is 267 g/mol. The molecule has 0 aliphatic rings. The van der Waals surface area contributed by atoms with Crippen LogP contribution in [0.3, 0.4) is 0 Å². The van der Waals surface area contributed by atoms with Crippen LogP contribution < -0.4 is 57.1 Å². The standard InChI is InChI=1S/C8H16N4O.C2H6.CH3.K/c1-4-7(5-9)6-12(11-3)8(13)10-2;1-2;;/h4H,3,5-6,9H2,1-2H3,(H,10,13);1-2H3;1H3;/q;;-1;+1/p-1/b7-4+;;;. The van der Waals surface area contributed by atoms with Crippen molar-refractivity contribution in [2.45, 2.75) is 20.8 Å². The molecule has 0 bridgehead atoms.